The Morgan fingerprint density at radius 1 is 1.46 bits per heavy atom. The molecule has 2 heterocycles. The first kappa shape index (κ1) is 16.8. The van der Waals surface area contributed by atoms with Gasteiger partial charge in [0.1, 0.15) is 0 Å². The third kappa shape index (κ3) is 3.88. The Morgan fingerprint density at radius 3 is 2.96 bits per heavy atom. The van der Waals surface area contributed by atoms with Gasteiger partial charge < -0.3 is 9.64 Å². The Labute approximate surface area is 144 Å². The Hall–Kier alpha value is -2.06. The fourth-order valence-corrected chi connectivity index (χ4v) is 3.45. The fourth-order valence-electron chi connectivity index (χ4n) is 2.59. The topological polar surface area (TPSA) is 80.2 Å². The molecule has 2 aromatic rings. The molecule has 8 heteroatoms. The standard InChI is InChI=1S/C16H20N4O3S/c1-19(12-6-3-2-4-7-12)14(21)11-24-16-18-17-15(22)20(16)10-13-8-5-9-23-13/h2-4,6-7,13H,5,8-11H2,1H3,(H,17,22)/t13-/m1/s1. The number of rotatable bonds is 6. The molecule has 1 amide bonds. The minimum atomic E-state index is -0.267. The van der Waals surface area contributed by atoms with Crippen LogP contribution < -0.4 is 10.6 Å². The predicted molar refractivity (Wildman–Crippen MR) is 92.4 cm³/mol. The molecule has 1 aromatic heterocycles. The fraction of sp³-hybridized carbons (Fsp3) is 0.438. The maximum absolute atomic E-state index is 12.3. The highest BCUT2D eigenvalue weighted by Crippen LogP contribution is 2.19. The van der Waals surface area contributed by atoms with Gasteiger partial charge in [-0.2, -0.15) is 0 Å². The lowest BCUT2D eigenvalue weighted by Gasteiger charge is -2.17. The van der Waals surface area contributed by atoms with Crippen LogP contribution in [0.2, 0.25) is 0 Å². The van der Waals surface area contributed by atoms with Gasteiger partial charge in [0.05, 0.1) is 18.4 Å². The van der Waals surface area contributed by atoms with Crippen LogP contribution in [0.4, 0.5) is 5.69 Å². The number of nitrogens with zero attached hydrogens (tertiary/aromatic N) is 3. The number of benzene rings is 1. The summed E-state index contributed by atoms with van der Waals surface area (Å²) < 4.78 is 7.12. The van der Waals surface area contributed by atoms with Crippen molar-refractivity contribution in [1.29, 1.82) is 0 Å². The quantitative estimate of drug-likeness (QED) is 0.801. The Morgan fingerprint density at radius 2 is 2.25 bits per heavy atom. The van der Waals surface area contributed by atoms with Gasteiger partial charge in [-0.15, -0.1) is 5.10 Å². The molecule has 0 bridgehead atoms. The van der Waals surface area contributed by atoms with E-state index >= 15 is 0 Å². The summed E-state index contributed by atoms with van der Waals surface area (Å²) in [7, 11) is 1.74. The highest BCUT2D eigenvalue weighted by molar-refractivity contribution is 7.99. The van der Waals surface area contributed by atoms with Crippen LogP contribution in [0.5, 0.6) is 0 Å². The summed E-state index contributed by atoms with van der Waals surface area (Å²) in [5.41, 5.74) is 0.568. The first-order chi connectivity index (χ1) is 11.6. The molecule has 0 aliphatic carbocycles. The van der Waals surface area contributed by atoms with E-state index in [4.69, 9.17) is 4.74 Å². The van der Waals surface area contributed by atoms with Crippen LogP contribution in [-0.2, 0) is 16.1 Å². The molecule has 3 rings (SSSR count). The lowest BCUT2D eigenvalue weighted by molar-refractivity contribution is -0.115. The summed E-state index contributed by atoms with van der Waals surface area (Å²) in [6, 6.07) is 9.44. The number of carbonyl (C=O) groups excluding carboxylic acids is 1. The van der Waals surface area contributed by atoms with Crippen molar-refractivity contribution < 1.29 is 9.53 Å². The Bertz CT molecular complexity index is 737. The minimum Gasteiger partial charge on any atom is -0.376 e. The van der Waals surface area contributed by atoms with E-state index < -0.39 is 0 Å². The molecule has 1 N–H and O–H groups in total. The van der Waals surface area contributed by atoms with Gasteiger partial charge in [-0.05, 0) is 25.0 Å². The lowest BCUT2D eigenvalue weighted by atomic mass is 10.2. The third-order valence-corrected chi connectivity index (χ3v) is 4.94. The molecule has 0 saturated carbocycles. The third-order valence-electron chi connectivity index (χ3n) is 3.98. The number of carbonyl (C=O) groups is 1. The van der Waals surface area contributed by atoms with E-state index in [-0.39, 0.29) is 23.5 Å². The largest absolute Gasteiger partial charge is 0.376 e. The maximum Gasteiger partial charge on any atom is 0.344 e. The summed E-state index contributed by atoms with van der Waals surface area (Å²) in [4.78, 5) is 25.8. The molecule has 1 aliphatic rings. The van der Waals surface area contributed by atoms with Crippen molar-refractivity contribution in [2.24, 2.45) is 0 Å². The van der Waals surface area contributed by atoms with E-state index in [9.17, 15) is 9.59 Å². The Kier molecular flexibility index (Phi) is 5.37. The number of thioether (sulfide) groups is 1. The van der Waals surface area contributed by atoms with Crippen LogP contribution in [0.15, 0.2) is 40.3 Å². The molecule has 7 nitrogen and oxygen atoms in total. The number of aromatic amines is 1. The first-order valence-electron chi connectivity index (χ1n) is 7.86. The number of hydrogen-bond donors (Lipinski definition) is 1. The highest BCUT2D eigenvalue weighted by Gasteiger charge is 2.20. The number of amides is 1. The normalized spacial score (nSPS) is 17.1. The molecule has 128 valence electrons. The van der Waals surface area contributed by atoms with Gasteiger partial charge in [0.15, 0.2) is 5.16 Å². The minimum absolute atomic E-state index is 0.0438. The highest BCUT2D eigenvalue weighted by atomic mass is 32.2. The molecule has 1 aliphatic heterocycles. The smallest absolute Gasteiger partial charge is 0.344 e. The van der Waals surface area contributed by atoms with Crippen LogP contribution in [0.25, 0.3) is 0 Å². The molecule has 1 fully saturated rings. The van der Waals surface area contributed by atoms with Gasteiger partial charge in [0, 0.05) is 19.3 Å². The zero-order valence-corrected chi connectivity index (χ0v) is 14.3. The number of hydrogen-bond acceptors (Lipinski definition) is 5. The number of nitrogens with one attached hydrogen (secondary N) is 1. The van der Waals surface area contributed by atoms with Crippen molar-refractivity contribution in [3.05, 3.63) is 40.8 Å². The van der Waals surface area contributed by atoms with Crippen molar-refractivity contribution in [3.63, 3.8) is 0 Å². The summed E-state index contributed by atoms with van der Waals surface area (Å²) in [6.07, 6.45) is 2.00. The maximum atomic E-state index is 12.3. The van der Waals surface area contributed by atoms with Crippen molar-refractivity contribution in [1.82, 2.24) is 14.8 Å². The number of ether oxygens (including phenoxy) is 1. The zero-order chi connectivity index (χ0) is 16.9. The van der Waals surface area contributed by atoms with Crippen LogP contribution in [0.1, 0.15) is 12.8 Å². The van der Waals surface area contributed by atoms with E-state index in [1.54, 1.807) is 16.5 Å². The molecule has 0 radical (unpaired) electrons. The van der Waals surface area contributed by atoms with E-state index in [2.05, 4.69) is 10.2 Å². The van der Waals surface area contributed by atoms with Gasteiger partial charge in [0.25, 0.3) is 0 Å². The van der Waals surface area contributed by atoms with E-state index in [0.717, 1.165) is 25.1 Å². The predicted octanol–water partition coefficient (Wildman–Crippen LogP) is 1.51. The second-order valence-corrected chi connectivity index (χ2v) is 6.58. The zero-order valence-electron chi connectivity index (χ0n) is 13.5. The Balaban J connectivity index is 1.62. The summed E-state index contributed by atoms with van der Waals surface area (Å²) in [5.74, 6) is 0.159. The number of aromatic nitrogens is 3. The first-order valence-corrected chi connectivity index (χ1v) is 8.85. The van der Waals surface area contributed by atoms with Crippen LogP contribution in [0.3, 0.4) is 0 Å². The summed E-state index contributed by atoms with van der Waals surface area (Å²) in [5, 5.41) is 6.99. The van der Waals surface area contributed by atoms with Crippen molar-refractivity contribution in [2.75, 3.05) is 24.3 Å². The van der Waals surface area contributed by atoms with Crippen LogP contribution in [-0.4, -0.2) is 46.2 Å². The average Bonchev–Trinajstić information content (AvgIpc) is 3.24. The molecule has 24 heavy (non-hydrogen) atoms. The lowest BCUT2D eigenvalue weighted by Crippen LogP contribution is -2.28. The molecule has 1 aromatic carbocycles. The van der Waals surface area contributed by atoms with Crippen molar-refractivity contribution >= 4 is 23.4 Å². The number of anilines is 1. The molecule has 0 spiro atoms. The number of para-hydroxylation sites is 1. The number of H-pyrrole nitrogens is 1. The van der Waals surface area contributed by atoms with Gasteiger partial charge >= 0.3 is 5.69 Å². The average molecular weight is 348 g/mol. The molecular weight excluding hydrogens is 328 g/mol. The van der Waals surface area contributed by atoms with Gasteiger partial charge in [-0.25, -0.2) is 9.89 Å². The van der Waals surface area contributed by atoms with Gasteiger partial charge in [-0.1, -0.05) is 30.0 Å². The van der Waals surface area contributed by atoms with Crippen LogP contribution in [0, 0.1) is 0 Å². The SMILES string of the molecule is CN(C(=O)CSc1n[nH]c(=O)n1C[C@H]1CCCO1)c1ccccc1. The van der Waals surface area contributed by atoms with Crippen molar-refractivity contribution in [2.45, 2.75) is 30.6 Å². The van der Waals surface area contributed by atoms with E-state index in [1.165, 1.54) is 11.8 Å². The van der Waals surface area contributed by atoms with Crippen molar-refractivity contribution in [3.8, 4) is 0 Å². The molecular formula is C16H20N4O3S. The summed E-state index contributed by atoms with van der Waals surface area (Å²) in [6.45, 7) is 1.21. The van der Waals surface area contributed by atoms with E-state index in [0.29, 0.717) is 11.7 Å². The van der Waals surface area contributed by atoms with Gasteiger partial charge in [0.2, 0.25) is 5.91 Å². The molecule has 1 atom stereocenters. The monoisotopic (exact) mass is 348 g/mol. The summed E-state index contributed by atoms with van der Waals surface area (Å²) >= 11 is 1.26. The van der Waals surface area contributed by atoms with Crippen LogP contribution >= 0.6 is 11.8 Å². The van der Waals surface area contributed by atoms with E-state index in [1.807, 2.05) is 30.3 Å². The molecule has 0 unspecified atom stereocenters. The molecule has 1 saturated heterocycles. The second-order valence-electron chi connectivity index (χ2n) is 5.63. The van der Waals surface area contributed by atoms with Gasteiger partial charge in [-0.3, -0.25) is 9.36 Å². The second kappa shape index (κ2) is 7.67.